The fourth-order valence-electron chi connectivity index (χ4n) is 2.24. The molecule has 3 rings (SSSR count). The maximum absolute atomic E-state index is 5.71. The Balaban J connectivity index is 0.000000169. The monoisotopic (exact) mass is 244 g/mol. The molecular formula is C14H20N4. The van der Waals surface area contributed by atoms with Crippen LogP contribution in [0.25, 0.3) is 0 Å². The Kier molecular flexibility index (Phi) is 3.97. The van der Waals surface area contributed by atoms with Crippen molar-refractivity contribution in [1.82, 2.24) is 14.8 Å². The highest BCUT2D eigenvalue weighted by Gasteiger charge is 2.26. The minimum absolute atomic E-state index is 0.781. The SMILES string of the molecule is CC1CC(c2cccc(N)c2)C1.Cn1cnnc1. The van der Waals surface area contributed by atoms with E-state index < -0.39 is 0 Å². The molecule has 2 aromatic rings. The van der Waals surface area contributed by atoms with Crippen molar-refractivity contribution in [2.75, 3.05) is 5.73 Å². The van der Waals surface area contributed by atoms with Crippen LogP contribution in [0.4, 0.5) is 5.69 Å². The third-order valence-corrected chi connectivity index (χ3v) is 3.29. The van der Waals surface area contributed by atoms with Gasteiger partial charge in [0.25, 0.3) is 0 Å². The molecule has 1 heterocycles. The minimum Gasteiger partial charge on any atom is -0.399 e. The summed E-state index contributed by atoms with van der Waals surface area (Å²) >= 11 is 0. The van der Waals surface area contributed by atoms with Gasteiger partial charge in [0.05, 0.1) is 0 Å². The minimum atomic E-state index is 0.781. The number of aromatic nitrogens is 3. The third kappa shape index (κ3) is 3.32. The highest BCUT2D eigenvalue weighted by Crippen LogP contribution is 2.41. The smallest absolute Gasteiger partial charge is 0.119 e. The molecule has 0 atom stereocenters. The highest BCUT2D eigenvalue weighted by molar-refractivity contribution is 5.42. The summed E-state index contributed by atoms with van der Waals surface area (Å²) in [6.07, 6.45) is 5.95. The zero-order chi connectivity index (χ0) is 13.0. The second-order valence-electron chi connectivity index (χ2n) is 5.07. The molecule has 2 N–H and O–H groups in total. The zero-order valence-electron chi connectivity index (χ0n) is 11.0. The van der Waals surface area contributed by atoms with E-state index in [0.29, 0.717) is 0 Å². The van der Waals surface area contributed by atoms with Crippen molar-refractivity contribution in [3.8, 4) is 0 Å². The van der Waals surface area contributed by atoms with Gasteiger partial charge in [-0.25, -0.2) is 0 Å². The standard InChI is InChI=1S/C11H15N.C3H5N3/c1-8-5-10(6-8)9-3-2-4-11(12)7-9;1-6-2-4-5-3-6/h2-4,7-8,10H,5-6,12H2,1H3;2-3H,1H3. The Morgan fingerprint density at radius 2 is 1.89 bits per heavy atom. The number of nitrogen functional groups attached to an aromatic ring is 1. The lowest BCUT2D eigenvalue weighted by molar-refractivity contribution is 0.288. The van der Waals surface area contributed by atoms with Crippen LogP contribution in [-0.4, -0.2) is 14.8 Å². The number of hydrogen-bond acceptors (Lipinski definition) is 3. The van der Waals surface area contributed by atoms with Gasteiger partial charge in [-0.2, -0.15) is 0 Å². The summed E-state index contributed by atoms with van der Waals surface area (Å²) in [6.45, 7) is 2.31. The third-order valence-electron chi connectivity index (χ3n) is 3.29. The fraction of sp³-hybridized carbons (Fsp3) is 0.429. The first-order valence-corrected chi connectivity index (χ1v) is 6.29. The molecule has 0 aliphatic heterocycles. The summed E-state index contributed by atoms with van der Waals surface area (Å²) < 4.78 is 1.78. The Morgan fingerprint density at radius 3 is 2.33 bits per heavy atom. The van der Waals surface area contributed by atoms with Crippen LogP contribution in [-0.2, 0) is 7.05 Å². The van der Waals surface area contributed by atoms with Gasteiger partial charge in [0.15, 0.2) is 0 Å². The van der Waals surface area contributed by atoms with Crippen LogP contribution in [0, 0.1) is 5.92 Å². The second-order valence-corrected chi connectivity index (χ2v) is 5.07. The molecule has 96 valence electrons. The molecule has 4 nitrogen and oxygen atoms in total. The first kappa shape index (κ1) is 12.6. The summed E-state index contributed by atoms with van der Waals surface area (Å²) in [7, 11) is 1.88. The molecule has 0 unspecified atom stereocenters. The lowest BCUT2D eigenvalue weighted by atomic mass is 9.72. The number of hydrogen-bond donors (Lipinski definition) is 1. The topological polar surface area (TPSA) is 56.7 Å². The van der Waals surface area contributed by atoms with E-state index in [1.807, 2.05) is 19.2 Å². The van der Waals surface area contributed by atoms with Gasteiger partial charge in [-0.3, -0.25) is 0 Å². The lowest BCUT2D eigenvalue weighted by Gasteiger charge is -2.33. The second kappa shape index (κ2) is 5.67. The van der Waals surface area contributed by atoms with Crippen molar-refractivity contribution < 1.29 is 0 Å². The Labute approximate surface area is 108 Å². The molecule has 0 spiro atoms. The maximum atomic E-state index is 5.71. The molecule has 1 aromatic carbocycles. The van der Waals surface area contributed by atoms with E-state index in [1.54, 1.807) is 17.2 Å². The number of rotatable bonds is 1. The van der Waals surface area contributed by atoms with Crippen molar-refractivity contribution in [1.29, 1.82) is 0 Å². The van der Waals surface area contributed by atoms with Crippen LogP contribution in [0.3, 0.4) is 0 Å². The van der Waals surface area contributed by atoms with Gasteiger partial charge in [0.1, 0.15) is 12.7 Å². The average Bonchev–Trinajstić information content (AvgIpc) is 2.77. The Hall–Kier alpha value is -1.84. The van der Waals surface area contributed by atoms with Gasteiger partial charge in [-0.15, -0.1) is 10.2 Å². The summed E-state index contributed by atoms with van der Waals surface area (Å²) in [5, 5.41) is 7.07. The fourth-order valence-corrected chi connectivity index (χ4v) is 2.24. The number of anilines is 1. The van der Waals surface area contributed by atoms with Crippen molar-refractivity contribution >= 4 is 5.69 Å². The van der Waals surface area contributed by atoms with Crippen LogP contribution >= 0.6 is 0 Å². The van der Waals surface area contributed by atoms with Gasteiger partial charge in [0, 0.05) is 12.7 Å². The van der Waals surface area contributed by atoms with Crippen LogP contribution < -0.4 is 5.73 Å². The quantitative estimate of drug-likeness (QED) is 0.784. The molecule has 1 aromatic heterocycles. The summed E-state index contributed by atoms with van der Waals surface area (Å²) in [6, 6.07) is 8.29. The average molecular weight is 244 g/mol. The first-order chi connectivity index (χ1) is 8.65. The van der Waals surface area contributed by atoms with E-state index in [4.69, 9.17) is 5.73 Å². The largest absolute Gasteiger partial charge is 0.399 e. The summed E-state index contributed by atoms with van der Waals surface area (Å²) in [4.78, 5) is 0. The van der Waals surface area contributed by atoms with Gasteiger partial charge in [-0.1, -0.05) is 19.1 Å². The number of aryl methyl sites for hydroxylation is 1. The Bertz CT molecular complexity index is 472. The van der Waals surface area contributed by atoms with E-state index in [0.717, 1.165) is 17.5 Å². The molecule has 1 aliphatic carbocycles. The molecule has 1 aliphatic rings. The van der Waals surface area contributed by atoms with E-state index in [2.05, 4.69) is 29.3 Å². The highest BCUT2D eigenvalue weighted by atomic mass is 15.2. The summed E-state index contributed by atoms with van der Waals surface area (Å²) in [5.41, 5.74) is 8.03. The number of nitrogens with zero attached hydrogens (tertiary/aromatic N) is 3. The van der Waals surface area contributed by atoms with Gasteiger partial charge in [0.2, 0.25) is 0 Å². The van der Waals surface area contributed by atoms with Crippen molar-refractivity contribution in [3.63, 3.8) is 0 Å². The van der Waals surface area contributed by atoms with Crippen LogP contribution in [0.15, 0.2) is 36.9 Å². The maximum Gasteiger partial charge on any atom is 0.119 e. The molecular weight excluding hydrogens is 224 g/mol. The Morgan fingerprint density at radius 1 is 1.22 bits per heavy atom. The molecule has 18 heavy (non-hydrogen) atoms. The lowest BCUT2D eigenvalue weighted by Crippen LogP contribution is -2.18. The molecule has 0 saturated heterocycles. The van der Waals surface area contributed by atoms with Gasteiger partial charge < -0.3 is 10.3 Å². The van der Waals surface area contributed by atoms with E-state index in [9.17, 15) is 0 Å². The number of nitrogens with two attached hydrogens (primary N) is 1. The van der Waals surface area contributed by atoms with Crippen molar-refractivity contribution in [2.24, 2.45) is 13.0 Å². The molecule has 4 heteroatoms. The summed E-state index contributed by atoms with van der Waals surface area (Å²) in [5.74, 6) is 1.69. The van der Waals surface area contributed by atoms with Crippen LogP contribution in [0.2, 0.25) is 0 Å². The zero-order valence-corrected chi connectivity index (χ0v) is 11.0. The molecule has 0 radical (unpaired) electrons. The predicted molar refractivity (Wildman–Crippen MR) is 73.0 cm³/mol. The van der Waals surface area contributed by atoms with E-state index >= 15 is 0 Å². The van der Waals surface area contributed by atoms with Gasteiger partial charge in [-0.05, 0) is 42.4 Å². The first-order valence-electron chi connectivity index (χ1n) is 6.29. The molecule has 0 bridgehead atoms. The van der Waals surface area contributed by atoms with Crippen molar-refractivity contribution in [2.45, 2.75) is 25.7 Å². The normalized spacial score (nSPS) is 21.7. The van der Waals surface area contributed by atoms with Crippen LogP contribution in [0.5, 0.6) is 0 Å². The molecule has 0 amide bonds. The molecule has 1 saturated carbocycles. The predicted octanol–water partition coefficient (Wildman–Crippen LogP) is 2.60. The van der Waals surface area contributed by atoms with Crippen molar-refractivity contribution in [3.05, 3.63) is 42.5 Å². The van der Waals surface area contributed by atoms with E-state index in [1.165, 1.54) is 18.4 Å². The van der Waals surface area contributed by atoms with E-state index in [-0.39, 0.29) is 0 Å². The van der Waals surface area contributed by atoms with Crippen LogP contribution in [0.1, 0.15) is 31.2 Å². The van der Waals surface area contributed by atoms with Gasteiger partial charge >= 0.3 is 0 Å². The molecule has 1 fully saturated rings. The number of benzene rings is 1.